The maximum absolute atomic E-state index is 12.9. The zero-order valence-corrected chi connectivity index (χ0v) is 16.2. The maximum atomic E-state index is 12.9. The number of ether oxygens (including phenoxy) is 2. The highest BCUT2D eigenvalue weighted by Gasteiger charge is 2.13. The van der Waals surface area contributed by atoms with Crippen LogP contribution in [0.25, 0.3) is 22.0 Å². The van der Waals surface area contributed by atoms with Gasteiger partial charge < -0.3 is 14.8 Å². The molecule has 1 aromatic heterocycles. The molecule has 4 rings (SSSR count). The normalized spacial score (nSPS) is 10.6. The molecule has 0 bridgehead atoms. The summed E-state index contributed by atoms with van der Waals surface area (Å²) in [7, 11) is 3.26. The Morgan fingerprint density at radius 2 is 1.72 bits per heavy atom. The van der Waals surface area contributed by atoms with E-state index >= 15 is 0 Å². The van der Waals surface area contributed by atoms with Crippen LogP contribution in [0.15, 0.2) is 79.0 Å². The van der Waals surface area contributed by atoms with E-state index in [1.807, 2.05) is 66.7 Å². The highest BCUT2D eigenvalue weighted by molar-refractivity contribution is 6.12. The summed E-state index contributed by atoms with van der Waals surface area (Å²) in [6.45, 7) is 0. The molecule has 0 saturated heterocycles. The molecule has 0 atom stereocenters. The van der Waals surface area contributed by atoms with Crippen molar-refractivity contribution in [1.82, 2.24) is 4.98 Å². The van der Waals surface area contributed by atoms with Crippen LogP contribution in [0.1, 0.15) is 10.4 Å². The number of aromatic nitrogens is 1. The smallest absolute Gasteiger partial charge is 0.256 e. The van der Waals surface area contributed by atoms with Crippen molar-refractivity contribution in [1.29, 1.82) is 0 Å². The van der Waals surface area contributed by atoms with E-state index < -0.39 is 0 Å². The van der Waals surface area contributed by atoms with Gasteiger partial charge in [-0.25, -0.2) is 0 Å². The molecule has 0 radical (unpaired) electrons. The second-order valence-corrected chi connectivity index (χ2v) is 6.47. The number of pyridine rings is 1. The number of rotatable bonds is 5. The predicted molar refractivity (Wildman–Crippen MR) is 115 cm³/mol. The van der Waals surface area contributed by atoms with Crippen LogP contribution in [0.4, 0.5) is 5.69 Å². The van der Waals surface area contributed by atoms with Crippen molar-refractivity contribution in [3.05, 3.63) is 84.6 Å². The molecule has 0 spiro atoms. The number of carbonyl (C=O) groups is 1. The SMILES string of the molecule is COc1ccc(-c2cc(NC(=O)c3cccc4ncccc34)ccc2OC)cc1. The van der Waals surface area contributed by atoms with Crippen molar-refractivity contribution < 1.29 is 14.3 Å². The summed E-state index contributed by atoms with van der Waals surface area (Å²) in [6, 6.07) is 22.5. The summed E-state index contributed by atoms with van der Waals surface area (Å²) in [5.74, 6) is 1.32. The lowest BCUT2D eigenvalue weighted by molar-refractivity contribution is 0.102. The largest absolute Gasteiger partial charge is 0.497 e. The Labute approximate surface area is 168 Å². The van der Waals surface area contributed by atoms with Crippen molar-refractivity contribution in [3.8, 4) is 22.6 Å². The Bertz CT molecular complexity index is 1170. The van der Waals surface area contributed by atoms with Crippen molar-refractivity contribution in [2.45, 2.75) is 0 Å². The Morgan fingerprint density at radius 1 is 0.897 bits per heavy atom. The molecule has 0 aliphatic rings. The lowest BCUT2D eigenvalue weighted by atomic mass is 10.0. The summed E-state index contributed by atoms with van der Waals surface area (Å²) in [5, 5.41) is 3.80. The van der Waals surface area contributed by atoms with Crippen molar-refractivity contribution in [2.24, 2.45) is 0 Å². The van der Waals surface area contributed by atoms with E-state index in [0.29, 0.717) is 11.3 Å². The molecule has 4 aromatic rings. The average molecular weight is 384 g/mol. The van der Waals surface area contributed by atoms with E-state index in [1.165, 1.54) is 0 Å². The van der Waals surface area contributed by atoms with Crippen molar-refractivity contribution >= 4 is 22.5 Å². The van der Waals surface area contributed by atoms with Gasteiger partial charge in [0, 0.05) is 28.4 Å². The number of carbonyl (C=O) groups excluding carboxylic acids is 1. The molecular weight excluding hydrogens is 364 g/mol. The van der Waals surface area contributed by atoms with Crippen LogP contribution < -0.4 is 14.8 Å². The first-order valence-electron chi connectivity index (χ1n) is 9.17. The summed E-state index contributed by atoms with van der Waals surface area (Å²) >= 11 is 0. The Morgan fingerprint density at radius 3 is 2.48 bits per heavy atom. The maximum Gasteiger partial charge on any atom is 0.256 e. The zero-order valence-electron chi connectivity index (χ0n) is 16.2. The molecular formula is C24H20N2O3. The molecule has 29 heavy (non-hydrogen) atoms. The summed E-state index contributed by atoms with van der Waals surface area (Å²) in [6.07, 6.45) is 1.72. The number of hydrogen-bond donors (Lipinski definition) is 1. The van der Waals surface area contributed by atoms with Gasteiger partial charge in [0.2, 0.25) is 0 Å². The highest BCUT2D eigenvalue weighted by atomic mass is 16.5. The van der Waals surface area contributed by atoms with Gasteiger partial charge in [-0.3, -0.25) is 9.78 Å². The van der Waals surface area contributed by atoms with Gasteiger partial charge in [-0.05, 0) is 54.1 Å². The Balaban J connectivity index is 1.67. The van der Waals surface area contributed by atoms with Crippen LogP contribution in [0.2, 0.25) is 0 Å². The van der Waals surface area contributed by atoms with Crippen LogP contribution in [-0.2, 0) is 0 Å². The van der Waals surface area contributed by atoms with Gasteiger partial charge in [0.05, 0.1) is 19.7 Å². The second kappa shape index (κ2) is 8.02. The molecule has 0 aliphatic heterocycles. The minimum Gasteiger partial charge on any atom is -0.497 e. The van der Waals surface area contributed by atoms with E-state index in [1.54, 1.807) is 26.5 Å². The number of fused-ring (bicyclic) bond motifs is 1. The molecule has 5 nitrogen and oxygen atoms in total. The van der Waals surface area contributed by atoms with Crippen LogP contribution in [0, 0.1) is 0 Å². The fraction of sp³-hybridized carbons (Fsp3) is 0.0833. The molecule has 1 heterocycles. The fourth-order valence-electron chi connectivity index (χ4n) is 3.28. The van der Waals surface area contributed by atoms with Gasteiger partial charge in [0.15, 0.2) is 0 Å². The van der Waals surface area contributed by atoms with E-state index in [4.69, 9.17) is 9.47 Å². The molecule has 1 amide bonds. The number of anilines is 1. The van der Waals surface area contributed by atoms with Gasteiger partial charge in [0.1, 0.15) is 11.5 Å². The third kappa shape index (κ3) is 3.75. The lowest BCUT2D eigenvalue weighted by Crippen LogP contribution is -2.12. The summed E-state index contributed by atoms with van der Waals surface area (Å²) in [5.41, 5.74) is 3.90. The first-order chi connectivity index (χ1) is 14.2. The number of methoxy groups -OCH3 is 2. The molecule has 5 heteroatoms. The zero-order chi connectivity index (χ0) is 20.2. The first-order valence-corrected chi connectivity index (χ1v) is 9.17. The first kappa shape index (κ1) is 18.5. The van der Waals surface area contributed by atoms with Crippen LogP contribution in [0.5, 0.6) is 11.5 Å². The Kier molecular flexibility index (Phi) is 5.12. The van der Waals surface area contributed by atoms with Gasteiger partial charge in [-0.15, -0.1) is 0 Å². The number of amides is 1. The molecule has 0 saturated carbocycles. The number of nitrogens with zero attached hydrogens (tertiary/aromatic N) is 1. The monoisotopic (exact) mass is 384 g/mol. The molecule has 3 aromatic carbocycles. The van der Waals surface area contributed by atoms with Gasteiger partial charge in [0.25, 0.3) is 5.91 Å². The molecule has 1 N–H and O–H groups in total. The quantitative estimate of drug-likeness (QED) is 0.516. The minimum atomic E-state index is -0.186. The standard InChI is InChI=1S/C24H20N2O3/c1-28-18-11-8-16(9-12-18)21-15-17(10-13-23(21)29-2)26-24(27)20-5-3-7-22-19(20)6-4-14-25-22/h3-15H,1-2H3,(H,26,27). The third-order valence-corrected chi connectivity index (χ3v) is 4.75. The number of benzene rings is 3. The van der Waals surface area contributed by atoms with Crippen LogP contribution in [-0.4, -0.2) is 25.1 Å². The molecule has 0 unspecified atom stereocenters. The summed E-state index contributed by atoms with van der Waals surface area (Å²) < 4.78 is 10.7. The van der Waals surface area contributed by atoms with Gasteiger partial charge in [-0.2, -0.15) is 0 Å². The Hall–Kier alpha value is -3.86. The van der Waals surface area contributed by atoms with E-state index in [2.05, 4.69) is 10.3 Å². The second-order valence-electron chi connectivity index (χ2n) is 6.47. The molecule has 0 aliphatic carbocycles. The van der Waals surface area contributed by atoms with Gasteiger partial charge in [-0.1, -0.05) is 24.3 Å². The minimum absolute atomic E-state index is 0.186. The van der Waals surface area contributed by atoms with E-state index in [-0.39, 0.29) is 5.91 Å². The highest BCUT2D eigenvalue weighted by Crippen LogP contribution is 2.33. The molecule has 144 valence electrons. The number of hydrogen-bond acceptors (Lipinski definition) is 4. The third-order valence-electron chi connectivity index (χ3n) is 4.75. The summed E-state index contributed by atoms with van der Waals surface area (Å²) in [4.78, 5) is 17.2. The van der Waals surface area contributed by atoms with Crippen LogP contribution in [0.3, 0.4) is 0 Å². The van der Waals surface area contributed by atoms with E-state index in [0.717, 1.165) is 33.5 Å². The predicted octanol–water partition coefficient (Wildman–Crippen LogP) is 5.17. The lowest BCUT2D eigenvalue weighted by Gasteiger charge is -2.13. The van der Waals surface area contributed by atoms with Crippen molar-refractivity contribution in [3.63, 3.8) is 0 Å². The van der Waals surface area contributed by atoms with Gasteiger partial charge >= 0.3 is 0 Å². The van der Waals surface area contributed by atoms with E-state index in [9.17, 15) is 4.79 Å². The van der Waals surface area contributed by atoms with Crippen molar-refractivity contribution in [2.75, 3.05) is 19.5 Å². The van der Waals surface area contributed by atoms with Crippen LogP contribution >= 0.6 is 0 Å². The average Bonchev–Trinajstić information content (AvgIpc) is 2.78. The fourth-order valence-corrected chi connectivity index (χ4v) is 3.28. The topological polar surface area (TPSA) is 60.5 Å². The number of nitrogens with one attached hydrogen (secondary N) is 1. The molecule has 0 fully saturated rings.